The van der Waals surface area contributed by atoms with Gasteiger partial charge in [0.15, 0.2) is 0 Å². The highest BCUT2D eigenvalue weighted by Gasteiger charge is 2.26. The van der Waals surface area contributed by atoms with Gasteiger partial charge in [0.05, 0.1) is 19.3 Å². The first kappa shape index (κ1) is 13.8. The predicted octanol–water partition coefficient (Wildman–Crippen LogP) is -0.609. The van der Waals surface area contributed by atoms with Gasteiger partial charge in [-0.1, -0.05) is 13.8 Å². The second kappa shape index (κ2) is 5.56. The number of aromatic nitrogens is 3. The predicted molar refractivity (Wildman–Crippen MR) is 69.5 cm³/mol. The fraction of sp³-hybridized carbons (Fsp3) is 0.750. The highest BCUT2D eigenvalue weighted by atomic mass is 16.6. The van der Waals surface area contributed by atoms with E-state index in [1.54, 1.807) is 0 Å². The lowest BCUT2D eigenvalue weighted by Crippen LogP contribution is -2.55. The molecule has 7 nitrogen and oxygen atoms in total. The Morgan fingerprint density at radius 2 is 1.37 bits per heavy atom. The van der Waals surface area contributed by atoms with Crippen molar-refractivity contribution >= 4 is 0 Å². The van der Waals surface area contributed by atoms with Gasteiger partial charge in [-0.2, -0.15) is 0 Å². The van der Waals surface area contributed by atoms with Gasteiger partial charge in [-0.25, -0.2) is 28.1 Å². The Hall–Kier alpha value is -1.63. The van der Waals surface area contributed by atoms with Gasteiger partial charge in [0.25, 0.3) is 0 Å². The van der Waals surface area contributed by atoms with E-state index in [1.807, 2.05) is 13.8 Å². The van der Waals surface area contributed by atoms with Gasteiger partial charge >= 0.3 is 17.1 Å². The summed E-state index contributed by atoms with van der Waals surface area (Å²) in [6, 6.07) is 0. The van der Waals surface area contributed by atoms with Crippen LogP contribution in [0.2, 0.25) is 0 Å². The fourth-order valence-electron chi connectivity index (χ4n) is 2.05. The molecule has 1 aromatic heterocycles. The highest BCUT2D eigenvalue weighted by molar-refractivity contribution is 4.82. The minimum Gasteiger partial charge on any atom is -0.371 e. The SMILES string of the molecule is CCCn1c(=O)n(CCC)c(=O)n(CC2CO2)c1=O. The summed E-state index contributed by atoms with van der Waals surface area (Å²) < 4.78 is 8.45. The molecule has 1 aromatic rings. The first-order chi connectivity index (χ1) is 9.10. The zero-order valence-electron chi connectivity index (χ0n) is 11.3. The largest absolute Gasteiger partial charge is 0.371 e. The molecular weight excluding hydrogens is 250 g/mol. The smallest absolute Gasteiger partial charge is 0.336 e. The molecule has 1 saturated heterocycles. The van der Waals surface area contributed by atoms with E-state index in [0.717, 1.165) is 13.7 Å². The van der Waals surface area contributed by atoms with E-state index >= 15 is 0 Å². The lowest BCUT2D eigenvalue weighted by atomic mass is 10.4. The number of hydrogen-bond donors (Lipinski definition) is 0. The summed E-state index contributed by atoms with van der Waals surface area (Å²) in [5.41, 5.74) is -1.56. The summed E-state index contributed by atoms with van der Waals surface area (Å²) in [4.78, 5) is 36.5. The van der Waals surface area contributed by atoms with E-state index < -0.39 is 17.1 Å². The Morgan fingerprint density at radius 1 is 0.947 bits per heavy atom. The molecule has 0 aromatic carbocycles. The molecule has 1 fully saturated rings. The van der Waals surface area contributed by atoms with Crippen molar-refractivity contribution in [1.29, 1.82) is 0 Å². The molecule has 1 aliphatic rings. The van der Waals surface area contributed by atoms with Crippen LogP contribution in [0.15, 0.2) is 14.4 Å². The first-order valence-electron chi connectivity index (χ1n) is 6.66. The van der Waals surface area contributed by atoms with Crippen LogP contribution in [0, 0.1) is 0 Å². The van der Waals surface area contributed by atoms with Crippen molar-refractivity contribution in [3.8, 4) is 0 Å². The zero-order valence-corrected chi connectivity index (χ0v) is 11.3. The molecule has 0 amide bonds. The molecule has 0 spiro atoms. The molecule has 2 heterocycles. The maximum atomic E-state index is 12.2. The van der Waals surface area contributed by atoms with Gasteiger partial charge in [0.1, 0.15) is 0 Å². The van der Waals surface area contributed by atoms with Gasteiger partial charge in [-0.3, -0.25) is 0 Å². The summed E-state index contributed by atoms with van der Waals surface area (Å²) >= 11 is 0. The Kier molecular flexibility index (Phi) is 4.04. The molecule has 0 aliphatic carbocycles. The molecule has 0 N–H and O–H groups in total. The summed E-state index contributed by atoms with van der Waals surface area (Å²) in [6.07, 6.45) is 1.26. The van der Waals surface area contributed by atoms with Crippen LogP contribution in [0.5, 0.6) is 0 Å². The van der Waals surface area contributed by atoms with Crippen LogP contribution in [0.1, 0.15) is 26.7 Å². The van der Waals surface area contributed by atoms with Crippen molar-refractivity contribution in [1.82, 2.24) is 13.7 Å². The van der Waals surface area contributed by atoms with E-state index in [0.29, 0.717) is 32.5 Å². The molecular formula is C12H19N3O4. The van der Waals surface area contributed by atoms with Gasteiger partial charge in [0, 0.05) is 13.1 Å². The number of nitrogens with zero attached hydrogens (tertiary/aromatic N) is 3. The molecule has 1 unspecified atom stereocenters. The van der Waals surface area contributed by atoms with Gasteiger partial charge in [-0.05, 0) is 12.8 Å². The monoisotopic (exact) mass is 269 g/mol. The molecule has 106 valence electrons. The van der Waals surface area contributed by atoms with Gasteiger partial charge in [0.2, 0.25) is 0 Å². The van der Waals surface area contributed by atoms with E-state index in [-0.39, 0.29) is 12.6 Å². The number of epoxide rings is 1. The Balaban J connectivity index is 2.60. The van der Waals surface area contributed by atoms with Crippen molar-refractivity contribution in [2.24, 2.45) is 0 Å². The second-order valence-electron chi connectivity index (χ2n) is 4.72. The average Bonchev–Trinajstić information content (AvgIpc) is 3.20. The molecule has 0 saturated carbocycles. The molecule has 0 bridgehead atoms. The lowest BCUT2D eigenvalue weighted by Gasteiger charge is -2.12. The average molecular weight is 269 g/mol. The topological polar surface area (TPSA) is 78.5 Å². The van der Waals surface area contributed by atoms with Crippen LogP contribution in [-0.4, -0.2) is 26.4 Å². The number of hydrogen-bond acceptors (Lipinski definition) is 4. The maximum absolute atomic E-state index is 12.2. The van der Waals surface area contributed by atoms with Crippen LogP contribution in [-0.2, 0) is 24.4 Å². The molecule has 1 aliphatic heterocycles. The fourth-order valence-corrected chi connectivity index (χ4v) is 2.05. The van der Waals surface area contributed by atoms with Gasteiger partial charge in [-0.15, -0.1) is 0 Å². The molecule has 2 rings (SSSR count). The van der Waals surface area contributed by atoms with Gasteiger partial charge < -0.3 is 4.74 Å². The Labute approximate surface area is 110 Å². The van der Waals surface area contributed by atoms with Crippen molar-refractivity contribution in [2.45, 2.75) is 52.4 Å². The first-order valence-corrected chi connectivity index (χ1v) is 6.66. The van der Waals surface area contributed by atoms with E-state index in [9.17, 15) is 14.4 Å². The van der Waals surface area contributed by atoms with Crippen molar-refractivity contribution in [3.05, 3.63) is 31.5 Å². The van der Waals surface area contributed by atoms with Crippen LogP contribution < -0.4 is 17.1 Å². The van der Waals surface area contributed by atoms with Crippen LogP contribution in [0.4, 0.5) is 0 Å². The maximum Gasteiger partial charge on any atom is 0.336 e. The van der Waals surface area contributed by atoms with Crippen LogP contribution >= 0.6 is 0 Å². The molecule has 0 radical (unpaired) electrons. The third-order valence-corrected chi connectivity index (χ3v) is 3.07. The third kappa shape index (κ3) is 2.70. The van der Waals surface area contributed by atoms with Crippen molar-refractivity contribution < 1.29 is 4.74 Å². The summed E-state index contributed by atoms with van der Waals surface area (Å²) in [6.45, 7) is 5.21. The molecule has 19 heavy (non-hydrogen) atoms. The summed E-state index contributed by atoms with van der Waals surface area (Å²) in [5, 5.41) is 0. The second-order valence-corrected chi connectivity index (χ2v) is 4.72. The van der Waals surface area contributed by atoms with E-state index in [4.69, 9.17) is 4.74 Å². The van der Waals surface area contributed by atoms with Crippen molar-refractivity contribution in [2.75, 3.05) is 6.61 Å². The minimum atomic E-state index is -0.528. The Bertz CT molecular complexity index is 577. The molecule has 7 heteroatoms. The highest BCUT2D eigenvalue weighted by Crippen LogP contribution is 2.08. The standard InChI is InChI=1S/C12H19N3O4/c1-3-5-13-10(16)14(6-4-2)12(18)15(11(13)17)7-9-8-19-9/h9H,3-8H2,1-2H3. The normalized spacial score (nSPS) is 17.7. The summed E-state index contributed by atoms with van der Waals surface area (Å²) in [7, 11) is 0. The zero-order chi connectivity index (χ0) is 14.0. The lowest BCUT2D eigenvalue weighted by molar-refractivity contribution is 0.357. The Morgan fingerprint density at radius 3 is 1.74 bits per heavy atom. The minimum absolute atomic E-state index is 0.0759. The molecule has 1 atom stereocenters. The van der Waals surface area contributed by atoms with Crippen LogP contribution in [0.3, 0.4) is 0 Å². The van der Waals surface area contributed by atoms with E-state index in [1.165, 1.54) is 0 Å². The van der Waals surface area contributed by atoms with Crippen LogP contribution in [0.25, 0.3) is 0 Å². The summed E-state index contributed by atoms with van der Waals surface area (Å²) in [5.74, 6) is 0. The number of ether oxygens (including phenoxy) is 1. The van der Waals surface area contributed by atoms with E-state index in [2.05, 4.69) is 0 Å². The number of rotatable bonds is 6. The third-order valence-electron chi connectivity index (χ3n) is 3.07. The quantitative estimate of drug-likeness (QED) is 0.645. The van der Waals surface area contributed by atoms with Crippen molar-refractivity contribution in [3.63, 3.8) is 0 Å².